The predicted molar refractivity (Wildman–Crippen MR) is 113 cm³/mol. The lowest BCUT2D eigenvalue weighted by Gasteiger charge is -2.13. The molecule has 150 valence electrons. The number of anilines is 4. The van der Waals surface area contributed by atoms with Crippen molar-refractivity contribution >= 4 is 29.1 Å². The quantitative estimate of drug-likeness (QED) is 0.530. The van der Waals surface area contributed by atoms with E-state index in [4.69, 9.17) is 9.47 Å². The predicted octanol–water partition coefficient (Wildman–Crippen LogP) is 4.85. The number of nitrogens with zero attached hydrogens (tertiary/aromatic N) is 2. The highest BCUT2D eigenvalue weighted by Gasteiger charge is 2.09. The number of aromatic nitrogens is 2. The van der Waals surface area contributed by atoms with E-state index in [1.807, 2.05) is 44.2 Å². The Morgan fingerprint density at radius 2 is 1.72 bits per heavy atom. The van der Waals surface area contributed by atoms with E-state index in [0.717, 1.165) is 22.8 Å². The molecule has 0 saturated heterocycles. The molecule has 0 saturated carbocycles. The summed E-state index contributed by atoms with van der Waals surface area (Å²) in [5, 5.41) is 6.45. The largest absolute Gasteiger partial charge is 0.492 e. The number of ether oxygens (including phenoxy) is 2. The molecule has 0 atom stereocenters. The molecule has 7 heteroatoms. The van der Waals surface area contributed by atoms with E-state index < -0.39 is 0 Å². The molecular formula is C22H24N4O3. The van der Waals surface area contributed by atoms with Gasteiger partial charge in [0.2, 0.25) is 5.95 Å². The lowest BCUT2D eigenvalue weighted by atomic mass is 10.2. The maximum absolute atomic E-state index is 11.8. The molecule has 3 rings (SSSR count). The minimum Gasteiger partial charge on any atom is -0.492 e. The van der Waals surface area contributed by atoms with Crippen LogP contribution in [0.2, 0.25) is 0 Å². The second kappa shape index (κ2) is 9.54. The van der Waals surface area contributed by atoms with Crippen molar-refractivity contribution in [3.63, 3.8) is 0 Å². The Balaban J connectivity index is 1.77. The van der Waals surface area contributed by atoms with Crippen LogP contribution in [0.25, 0.3) is 0 Å². The third-order valence-corrected chi connectivity index (χ3v) is 3.96. The van der Waals surface area contributed by atoms with E-state index in [1.165, 1.54) is 0 Å². The van der Waals surface area contributed by atoms with Gasteiger partial charge >= 0.3 is 5.97 Å². The first kappa shape index (κ1) is 20.1. The van der Waals surface area contributed by atoms with Crippen LogP contribution in [0.4, 0.5) is 23.1 Å². The molecule has 0 radical (unpaired) electrons. The van der Waals surface area contributed by atoms with Crippen molar-refractivity contribution in [3.05, 3.63) is 65.9 Å². The number of aryl methyl sites for hydroxylation is 1. The lowest BCUT2D eigenvalue weighted by Crippen LogP contribution is -2.05. The zero-order chi connectivity index (χ0) is 20.6. The number of benzene rings is 2. The van der Waals surface area contributed by atoms with Gasteiger partial charge in [0.1, 0.15) is 11.6 Å². The molecule has 0 spiro atoms. The summed E-state index contributed by atoms with van der Waals surface area (Å²) in [6, 6.07) is 16.5. The van der Waals surface area contributed by atoms with Crippen LogP contribution in [0.1, 0.15) is 29.9 Å². The zero-order valence-corrected chi connectivity index (χ0v) is 16.7. The number of rotatable bonds is 8. The minimum atomic E-state index is -0.342. The number of para-hydroxylation sites is 2. The molecule has 0 bridgehead atoms. The average Bonchev–Trinajstić information content (AvgIpc) is 2.70. The molecule has 2 aromatic carbocycles. The van der Waals surface area contributed by atoms with Crippen LogP contribution < -0.4 is 15.4 Å². The van der Waals surface area contributed by atoms with Crippen molar-refractivity contribution in [3.8, 4) is 5.75 Å². The second-order valence-electron chi connectivity index (χ2n) is 6.20. The Hall–Kier alpha value is -3.61. The highest BCUT2D eigenvalue weighted by atomic mass is 16.5. The first-order chi connectivity index (χ1) is 14.1. The maximum Gasteiger partial charge on any atom is 0.338 e. The fraction of sp³-hybridized carbons (Fsp3) is 0.227. The summed E-state index contributed by atoms with van der Waals surface area (Å²) in [7, 11) is 0. The van der Waals surface area contributed by atoms with Gasteiger partial charge in [-0.05, 0) is 57.2 Å². The van der Waals surface area contributed by atoms with E-state index in [2.05, 4.69) is 20.6 Å². The fourth-order valence-electron chi connectivity index (χ4n) is 2.71. The Bertz CT molecular complexity index is 974. The molecule has 0 aliphatic heterocycles. The number of carbonyl (C=O) groups excluding carboxylic acids is 1. The topological polar surface area (TPSA) is 85.4 Å². The van der Waals surface area contributed by atoms with Gasteiger partial charge in [0.25, 0.3) is 0 Å². The average molecular weight is 392 g/mol. The third kappa shape index (κ3) is 5.44. The number of nitrogens with one attached hydrogen (secondary N) is 2. The van der Waals surface area contributed by atoms with Crippen molar-refractivity contribution < 1.29 is 14.3 Å². The summed E-state index contributed by atoms with van der Waals surface area (Å²) in [6.07, 6.45) is 0. The van der Waals surface area contributed by atoms with Crippen molar-refractivity contribution in [2.45, 2.75) is 20.8 Å². The van der Waals surface area contributed by atoms with Gasteiger partial charge in [0, 0.05) is 17.4 Å². The Labute approximate surface area is 170 Å². The van der Waals surface area contributed by atoms with Crippen LogP contribution in [-0.4, -0.2) is 29.2 Å². The van der Waals surface area contributed by atoms with Crippen LogP contribution in [-0.2, 0) is 4.74 Å². The molecule has 0 aliphatic carbocycles. The number of carbonyl (C=O) groups is 1. The van der Waals surface area contributed by atoms with Crippen molar-refractivity contribution in [2.75, 3.05) is 23.8 Å². The minimum absolute atomic E-state index is 0.342. The van der Waals surface area contributed by atoms with Crippen molar-refractivity contribution in [1.29, 1.82) is 0 Å². The van der Waals surface area contributed by atoms with E-state index in [-0.39, 0.29) is 5.97 Å². The third-order valence-electron chi connectivity index (χ3n) is 3.96. The van der Waals surface area contributed by atoms with Crippen molar-refractivity contribution in [1.82, 2.24) is 9.97 Å². The molecule has 7 nitrogen and oxygen atoms in total. The molecule has 0 unspecified atom stereocenters. The van der Waals surface area contributed by atoms with Gasteiger partial charge in [0.15, 0.2) is 0 Å². The summed E-state index contributed by atoms with van der Waals surface area (Å²) in [6.45, 7) is 6.55. The molecule has 3 aromatic rings. The number of esters is 1. The smallest absolute Gasteiger partial charge is 0.338 e. The summed E-state index contributed by atoms with van der Waals surface area (Å²) in [4.78, 5) is 20.7. The van der Waals surface area contributed by atoms with Crippen molar-refractivity contribution in [2.24, 2.45) is 0 Å². The van der Waals surface area contributed by atoms with Gasteiger partial charge in [0.05, 0.1) is 24.5 Å². The van der Waals surface area contributed by atoms with Gasteiger partial charge in [-0.25, -0.2) is 9.78 Å². The zero-order valence-electron chi connectivity index (χ0n) is 16.7. The second-order valence-corrected chi connectivity index (χ2v) is 6.20. The molecule has 29 heavy (non-hydrogen) atoms. The lowest BCUT2D eigenvalue weighted by molar-refractivity contribution is 0.0526. The standard InChI is InChI=1S/C22H24N4O3/c1-4-28-19-9-7-6-8-18(19)25-20-14-15(3)23-22(26-20)24-17-12-10-16(11-13-17)21(27)29-5-2/h6-14H,4-5H2,1-3H3,(H2,23,24,25,26). The van der Waals surface area contributed by atoms with Crippen LogP contribution in [0.5, 0.6) is 5.75 Å². The highest BCUT2D eigenvalue weighted by Crippen LogP contribution is 2.27. The monoisotopic (exact) mass is 392 g/mol. The van der Waals surface area contributed by atoms with E-state index in [1.54, 1.807) is 31.2 Å². The Morgan fingerprint density at radius 3 is 2.45 bits per heavy atom. The van der Waals surface area contributed by atoms with Gasteiger partial charge in [-0.3, -0.25) is 0 Å². The molecule has 0 fully saturated rings. The van der Waals surface area contributed by atoms with E-state index >= 15 is 0 Å². The molecule has 0 aliphatic rings. The summed E-state index contributed by atoms with van der Waals surface area (Å²) >= 11 is 0. The van der Waals surface area contributed by atoms with Crippen LogP contribution in [0, 0.1) is 6.92 Å². The molecule has 0 amide bonds. The molecular weight excluding hydrogens is 368 g/mol. The van der Waals surface area contributed by atoms with Gasteiger partial charge in [-0.1, -0.05) is 12.1 Å². The highest BCUT2D eigenvalue weighted by molar-refractivity contribution is 5.89. The van der Waals surface area contributed by atoms with Gasteiger partial charge in [-0.15, -0.1) is 0 Å². The normalized spacial score (nSPS) is 10.3. The first-order valence-electron chi connectivity index (χ1n) is 9.47. The molecule has 1 aromatic heterocycles. The van der Waals surface area contributed by atoms with Crippen LogP contribution >= 0.6 is 0 Å². The first-order valence-corrected chi connectivity index (χ1v) is 9.47. The van der Waals surface area contributed by atoms with Gasteiger partial charge in [-0.2, -0.15) is 4.98 Å². The Morgan fingerprint density at radius 1 is 0.966 bits per heavy atom. The van der Waals surface area contributed by atoms with E-state index in [0.29, 0.717) is 30.5 Å². The van der Waals surface area contributed by atoms with E-state index in [9.17, 15) is 4.79 Å². The molecule has 2 N–H and O–H groups in total. The fourth-order valence-corrected chi connectivity index (χ4v) is 2.71. The molecule has 1 heterocycles. The summed E-state index contributed by atoms with van der Waals surface area (Å²) < 4.78 is 10.7. The maximum atomic E-state index is 11.8. The summed E-state index contributed by atoms with van der Waals surface area (Å²) in [5.74, 6) is 1.52. The Kier molecular flexibility index (Phi) is 6.63. The summed E-state index contributed by atoms with van der Waals surface area (Å²) in [5.41, 5.74) is 2.90. The number of hydrogen-bond donors (Lipinski definition) is 2. The number of hydrogen-bond acceptors (Lipinski definition) is 7. The SMILES string of the molecule is CCOC(=O)c1ccc(Nc2nc(C)cc(Nc3ccccc3OCC)n2)cc1. The van der Waals surface area contributed by atoms with Crippen LogP contribution in [0.3, 0.4) is 0 Å². The van der Waals surface area contributed by atoms with Crippen LogP contribution in [0.15, 0.2) is 54.6 Å². The van der Waals surface area contributed by atoms with Gasteiger partial charge < -0.3 is 20.1 Å².